The highest BCUT2D eigenvalue weighted by Gasteiger charge is 2.52. The Balaban J connectivity index is 1.70. The Kier molecular flexibility index (Phi) is 3.09. The van der Waals surface area contributed by atoms with Gasteiger partial charge >= 0.3 is 0 Å². The highest BCUT2D eigenvalue weighted by molar-refractivity contribution is 6.23. The molecule has 0 N–H and O–H groups in total. The molecule has 2 aromatic carbocycles. The maximum atomic E-state index is 12.7. The van der Waals surface area contributed by atoms with E-state index in [1.54, 1.807) is 30.3 Å². The number of nitrogens with zero attached hydrogens (tertiary/aromatic N) is 2. The molecule has 2 aromatic rings. The number of amides is 2. The molecule has 0 aromatic heterocycles. The van der Waals surface area contributed by atoms with Gasteiger partial charge in [0.15, 0.2) is 6.10 Å². The highest BCUT2D eigenvalue weighted by atomic mass is 16.6. The van der Waals surface area contributed by atoms with E-state index in [0.29, 0.717) is 17.0 Å². The van der Waals surface area contributed by atoms with Crippen molar-refractivity contribution in [1.82, 2.24) is 0 Å². The van der Waals surface area contributed by atoms with Crippen molar-refractivity contribution in [2.24, 2.45) is 5.92 Å². The van der Waals surface area contributed by atoms with Crippen molar-refractivity contribution < 1.29 is 19.2 Å². The van der Waals surface area contributed by atoms with E-state index < -0.39 is 22.9 Å². The molecule has 2 heterocycles. The monoisotopic (exact) mass is 324 g/mol. The van der Waals surface area contributed by atoms with Gasteiger partial charge in [-0.05, 0) is 24.6 Å². The summed E-state index contributed by atoms with van der Waals surface area (Å²) < 4.78 is 5.69. The van der Waals surface area contributed by atoms with Gasteiger partial charge in [-0.15, -0.1) is 0 Å². The summed E-state index contributed by atoms with van der Waals surface area (Å²) in [5.74, 6) is -0.987. The number of anilines is 1. The fraction of sp³-hybridized carbons (Fsp3) is 0.176. The van der Waals surface area contributed by atoms with Crippen LogP contribution in [-0.4, -0.2) is 22.8 Å². The van der Waals surface area contributed by atoms with Gasteiger partial charge in [0.1, 0.15) is 5.75 Å². The van der Waals surface area contributed by atoms with Crippen LogP contribution in [0.5, 0.6) is 5.75 Å². The number of carbonyl (C=O) groups is 2. The van der Waals surface area contributed by atoms with Crippen LogP contribution in [0.15, 0.2) is 48.5 Å². The first-order valence-electron chi connectivity index (χ1n) is 7.43. The Bertz CT molecular complexity index is 865. The Labute approximate surface area is 136 Å². The summed E-state index contributed by atoms with van der Waals surface area (Å²) in [6.07, 6.45) is -0.637. The molecule has 7 nitrogen and oxygen atoms in total. The molecule has 2 unspecified atom stereocenters. The Hall–Kier alpha value is -3.22. The summed E-state index contributed by atoms with van der Waals surface area (Å²) in [4.78, 5) is 36.8. The molecule has 24 heavy (non-hydrogen) atoms. The molecule has 7 heteroatoms. The maximum absolute atomic E-state index is 12.7. The molecule has 1 saturated heterocycles. The van der Waals surface area contributed by atoms with E-state index in [1.165, 1.54) is 18.2 Å². The second-order valence-electron chi connectivity index (χ2n) is 5.75. The maximum Gasteiger partial charge on any atom is 0.275 e. The van der Waals surface area contributed by atoms with E-state index in [-0.39, 0.29) is 18.0 Å². The molecule has 2 aliphatic heterocycles. The second kappa shape index (κ2) is 5.16. The van der Waals surface area contributed by atoms with Gasteiger partial charge in [-0.2, -0.15) is 0 Å². The summed E-state index contributed by atoms with van der Waals surface area (Å²) in [7, 11) is 0. The number of non-ortho nitro benzene ring substituents is 1. The minimum atomic E-state index is -0.883. The van der Waals surface area contributed by atoms with Crippen molar-refractivity contribution in [2.45, 2.75) is 12.5 Å². The first kappa shape index (κ1) is 14.4. The van der Waals surface area contributed by atoms with Crippen LogP contribution in [0.1, 0.15) is 5.56 Å². The van der Waals surface area contributed by atoms with Crippen LogP contribution >= 0.6 is 0 Å². The summed E-state index contributed by atoms with van der Waals surface area (Å²) in [5, 5.41) is 10.9. The number of hydrogen-bond acceptors (Lipinski definition) is 5. The van der Waals surface area contributed by atoms with Crippen molar-refractivity contribution in [2.75, 3.05) is 4.90 Å². The van der Waals surface area contributed by atoms with E-state index in [4.69, 9.17) is 4.74 Å². The predicted molar refractivity (Wildman–Crippen MR) is 83.6 cm³/mol. The number of nitro groups is 1. The molecule has 4 rings (SSSR count). The number of carbonyl (C=O) groups excluding carboxylic acids is 2. The fourth-order valence-corrected chi connectivity index (χ4v) is 3.19. The van der Waals surface area contributed by atoms with Gasteiger partial charge in [-0.1, -0.05) is 18.2 Å². The number of hydrogen-bond donors (Lipinski definition) is 0. The van der Waals surface area contributed by atoms with E-state index in [9.17, 15) is 19.7 Å². The number of nitro benzene ring substituents is 1. The number of ether oxygens (including phenoxy) is 1. The SMILES string of the molecule is O=C1C2Cc3cc([N+](=O)[O-])ccc3OC2C(=O)N1c1ccccc1. The topological polar surface area (TPSA) is 89.7 Å². The third-order valence-electron chi connectivity index (χ3n) is 4.33. The summed E-state index contributed by atoms with van der Waals surface area (Å²) in [6, 6.07) is 12.9. The van der Waals surface area contributed by atoms with Gasteiger partial charge in [-0.3, -0.25) is 19.7 Å². The average Bonchev–Trinajstić information content (AvgIpc) is 2.84. The summed E-state index contributed by atoms with van der Waals surface area (Å²) in [6.45, 7) is 0. The number of imide groups is 1. The van der Waals surface area contributed by atoms with Crippen LogP contribution in [0, 0.1) is 16.0 Å². The molecule has 0 bridgehead atoms. The summed E-state index contributed by atoms with van der Waals surface area (Å²) >= 11 is 0. The number of para-hydroxylation sites is 1. The standard InChI is InChI=1S/C17H12N2O5/c20-16-13-9-10-8-12(19(22)23)6-7-14(10)24-15(13)17(21)18(16)11-4-2-1-3-5-11/h1-8,13,15H,9H2. The average molecular weight is 324 g/mol. The minimum absolute atomic E-state index is 0.0625. The van der Waals surface area contributed by atoms with Gasteiger partial charge < -0.3 is 4.74 Å². The molecule has 0 aliphatic carbocycles. The lowest BCUT2D eigenvalue weighted by molar-refractivity contribution is -0.385. The number of rotatable bonds is 2. The van der Waals surface area contributed by atoms with E-state index in [1.807, 2.05) is 0 Å². The van der Waals surface area contributed by atoms with Crippen LogP contribution in [0.4, 0.5) is 11.4 Å². The van der Waals surface area contributed by atoms with Crippen LogP contribution in [0.25, 0.3) is 0 Å². The number of benzene rings is 2. The van der Waals surface area contributed by atoms with Crippen molar-refractivity contribution in [3.05, 3.63) is 64.2 Å². The van der Waals surface area contributed by atoms with Crippen LogP contribution in [0.2, 0.25) is 0 Å². The van der Waals surface area contributed by atoms with Gasteiger partial charge in [0.05, 0.1) is 16.5 Å². The minimum Gasteiger partial charge on any atom is -0.479 e. The fourth-order valence-electron chi connectivity index (χ4n) is 3.19. The van der Waals surface area contributed by atoms with E-state index >= 15 is 0 Å². The van der Waals surface area contributed by atoms with Crippen molar-refractivity contribution in [3.63, 3.8) is 0 Å². The van der Waals surface area contributed by atoms with E-state index in [0.717, 1.165) is 4.90 Å². The zero-order valence-corrected chi connectivity index (χ0v) is 12.4. The first-order chi connectivity index (χ1) is 11.6. The molecule has 2 atom stereocenters. The van der Waals surface area contributed by atoms with Gasteiger partial charge in [0.2, 0.25) is 5.91 Å². The predicted octanol–water partition coefficient (Wildman–Crippen LogP) is 2.09. The zero-order valence-electron chi connectivity index (χ0n) is 12.4. The number of fused-ring (bicyclic) bond motifs is 2. The Morgan fingerprint density at radius 3 is 2.54 bits per heavy atom. The van der Waals surface area contributed by atoms with Crippen molar-refractivity contribution >= 4 is 23.2 Å². The molecule has 1 fully saturated rings. The summed E-state index contributed by atoms with van der Waals surface area (Å²) in [5.41, 5.74) is 1.01. The van der Waals surface area contributed by atoms with Gasteiger partial charge in [0, 0.05) is 17.7 Å². The smallest absolute Gasteiger partial charge is 0.275 e. The quantitative estimate of drug-likeness (QED) is 0.479. The molecule has 0 radical (unpaired) electrons. The molecular formula is C17H12N2O5. The largest absolute Gasteiger partial charge is 0.479 e. The third kappa shape index (κ3) is 2.05. The molecule has 120 valence electrons. The van der Waals surface area contributed by atoms with Crippen LogP contribution < -0.4 is 9.64 Å². The molecule has 2 aliphatic rings. The van der Waals surface area contributed by atoms with Crippen molar-refractivity contribution in [3.8, 4) is 5.75 Å². The molecule has 2 amide bonds. The molecular weight excluding hydrogens is 312 g/mol. The second-order valence-corrected chi connectivity index (χ2v) is 5.75. The Morgan fingerprint density at radius 1 is 1.08 bits per heavy atom. The zero-order chi connectivity index (χ0) is 16.8. The van der Waals surface area contributed by atoms with Crippen LogP contribution in [-0.2, 0) is 16.0 Å². The van der Waals surface area contributed by atoms with Gasteiger partial charge in [-0.25, -0.2) is 4.90 Å². The normalized spacial score (nSPS) is 21.9. The third-order valence-corrected chi connectivity index (χ3v) is 4.33. The Morgan fingerprint density at radius 2 is 1.83 bits per heavy atom. The highest BCUT2D eigenvalue weighted by Crippen LogP contribution is 2.39. The lowest BCUT2D eigenvalue weighted by Gasteiger charge is -2.24. The first-order valence-corrected chi connectivity index (χ1v) is 7.43. The molecule has 0 saturated carbocycles. The molecule has 0 spiro atoms. The lowest BCUT2D eigenvalue weighted by Crippen LogP contribution is -2.36. The van der Waals surface area contributed by atoms with Crippen LogP contribution in [0.3, 0.4) is 0 Å². The lowest BCUT2D eigenvalue weighted by atomic mass is 9.92. The van der Waals surface area contributed by atoms with Gasteiger partial charge in [0.25, 0.3) is 11.6 Å². The van der Waals surface area contributed by atoms with E-state index in [2.05, 4.69) is 0 Å². The van der Waals surface area contributed by atoms with Crippen molar-refractivity contribution in [1.29, 1.82) is 0 Å².